The van der Waals surface area contributed by atoms with Crippen LogP contribution in [0.4, 0.5) is 0 Å². The lowest BCUT2D eigenvalue weighted by molar-refractivity contribution is 0.0406. The normalized spacial score (nSPS) is 22.6. The summed E-state index contributed by atoms with van der Waals surface area (Å²) in [5.74, 6) is 0.257. The highest BCUT2D eigenvalue weighted by atomic mass is 32.3. The Labute approximate surface area is 74.0 Å². The molecule has 0 unspecified atom stereocenters. The standard InChI is InChI=1S/C6H16N2O3S/c7-12(9,10)6-3-8-1-4-11-5-2-8/h9-10H,1-7H2. The quantitative estimate of drug-likeness (QED) is 0.589. The number of morpholine rings is 1. The first-order valence-electron chi connectivity index (χ1n) is 3.92. The van der Waals surface area contributed by atoms with Crippen LogP contribution in [0.3, 0.4) is 0 Å². The van der Waals surface area contributed by atoms with E-state index in [0.29, 0.717) is 6.54 Å². The topological polar surface area (TPSA) is 79.0 Å². The number of rotatable bonds is 3. The van der Waals surface area contributed by atoms with Crippen molar-refractivity contribution in [2.45, 2.75) is 0 Å². The SMILES string of the molecule is NS(O)(O)CCN1CCOCC1. The van der Waals surface area contributed by atoms with Gasteiger partial charge in [-0.05, 0) is 0 Å². The fourth-order valence-electron chi connectivity index (χ4n) is 1.09. The minimum atomic E-state index is -2.81. The van der Waals surface area contributed by atoms with Gasteiger partial charge in [-0.2, -0.15) is 0 Å². The predicted molar refractivity (Wildman–Crippen MR) is 49.2 cm³/mol. The van der Waals surface area contributed by atoms with Gasteiger partial charge in [0.1, 0.15) is 0 Å². The summed E-state index contributed by atoms with van der Waals surface area (Å²) < 4.78 is 23.0. The summed E-state index contributed by atoms with van der Waals surface area (Å²) in [5, 5.41) is 5.09. The third kappa shape index (κ3) is 4.24. The minimum absolute atomic E-state index is 0.257. The molecule has 0 amide bonds. The molecule has 0 aromatic rings. The summed E-state index contributed by atoms with van der Waals surface area (Å²) in [5.41, 5.74) is 0. The molecule has 74 valence electrons. The van der Waals surface area contributed by atoms with Crippen LogP contribution in [0.25, 0.3) is 0 Å². The van der Waals surface area contributed by atoms with E-state index in [1.165, 1.54) is 0 Å². The molecule has 4 N–H and O–H groups in total. The van der Waals surface area contributed by atoms with Crippen LogP contribution in [0.1, 0.15) is 0 Å². The Morgan fingerprint density at radius 1 is 1.33 bits per heavy atom. The van der Waals surface area contributed by atoms with E-state index >= 15 is 0 Å². The third-order valence-electron chi connectivity index (χ3n) is 1.81. The molecule has 1 rings (SSSR count). The second kappa shape index (κ2) is 4.40. The van der Waals surface area contributed by atoms with E-state index in [-0.39, 0.29) is 5.75 Å². The highest BCUT2D eigenvalue weighted by Gasteiger charge is 2.12. The molecule has 6 heteroatoms. The summed E-state index contributed by atoms with van der Waals surface area (Å²) in [6.45, 7) is 3.81. The molecule has 12 heavy (non-hydrogen) atoms. The van der Waals surface area contributed by atoms with Crippen LogP contribution >= 0.6 is 10.8 Å². The molecule has 1 saturated heterocycles. The average molecular weight is 196 g/mol. The molecule has 0 aromatic carbocycles. The van der Waals surface area contributed by atoms with E-state index in [4.69, 9.17) is 19.0 Å². The smallest absolute Gasteiger partial charge is 0.0653 e. The minimum Gasteiger partial charge on any atom is -0.379 e. The second-order valence-electron chi connectivity index (χ2n) is 2.88. The van der Waals surface area contributed by atoms with Crippen molar-refractivity contribution >= 4 is 10.8 Å². The van der Waals surface area contributed by atoms with Crippen molar-refractivity contribution in [1.82, 2.24) is 4.90 Å². The highest BCUT2D eigenvalue weighted by Crippen LogP contribution is 2.27. The molecule has 1 heterocycles. The number of nitrogens with two attached hydrogens (primary N) is 1. The molecule has 1 fully saturated rings. The van der Waals surface area contributed by atoms with Crippen LogP contribution in [0.2, 0.25) is 0 Å². The first kappa shape index (κ1) is 10.2. The van der Waals surface area contributed by atoms with Crippen LogP contribution in [0, 0.1) is 0 Å². The van der Waals surface area contributed by atoms with Gasteiger partial charge >= 0.3 is 0 Å². The fraction of sp³-hybridized carbons (Fsp3) is 1.00. The van der Waals surface area contributed by atoms with Crippen LogP contribution in [0.5, 0.6) is 0 Å². The van der Waals surface area contributed by atoms with Gasteiger partial charge in [0.05, 0.1) is 19.0 Å². The Bertz CT molecular complexity index is 133. The van der Waals surface area contributed by atoms with Crippen molar-refractivity contribution in [3.63, 3.8) is 0 Å². The van der Waals surface area contributed by atoms with Gasteiger partial charge in [-0.15, -0.1) is 10.8 Å². The van der Waals surface area contributed by atoms with E-state index in [0.717, 1.165) is 26.3 Å². The summed E-state index contributed by atoms with van der Waals surface area (Å²) in [6, 6.07) is 0. The van der Waals surface area contributed by atoms with Gasteiger partial charge < -0.3 is 4.74 Å². The lowest BCUT2D eigenvalue weighted by Crippen LogP contribution is -2.39. The molecule has 0 spiro atoms. The third-order valence-corrected chi connectivity index (χ3v) is 2.60. The van der Waals surface area contributed by atoms with Crippen molar-refractivity contribution < 1.29 is 13.8 Å². The largest absolute Gasteiger partial charge is 0.379 e. The average Bonchev–Trinajstić information content (AvgIpc) is 2.02. The van der Waals surface area contributed by atoms with Gasteiger partial charge in [0.25, 0.3) is 0 Å². The van der Waals surface area contributed by atoms with E-state index < -0.39 is 10.8 Å². The Kier molecular flexibility index (Phi) is 3.76. The molecular weight excluding hydrogens is 180 g/mol. The summed E-state index contributed by atoms with van der Waals surface area (Å²) >= 11 is 0. The van der Waals surface area contributed by atoms with E-state index in [1.807, 2.05) is 0 Å². The van der Waals surface area contributed by atoms with E-state index in [1.54, 1.807) is 0 Å². The molecule has 0 atom stereocenters. The van der Waals surface area contributed by atoms with Crippen molar-refractivity contribution in [3.05, 3.63) is 0 Å². The molecule has 0 radical (unpaired) electrons. The molecular formula is C6H16N2O3S. The number of hydrogen-bond acceptors (Lipinski definition) is 5. The maximum absolute atomic E-state index is 8.91. The van der Waals surface area contributed by atoms with Crippen LogP contribution in [-0.4, -0.2) is 52.6 Å². The molecule has 0 saturated carbocycles. The number of ether oxygens (including phenoxy) is 1. The fourth-order valence-corrected chi connectivity index (χ4v) is 1.62. The zero-order valence-electron chi connectivity index (χ0n) is 6.98. The molecule has 5 nitrogen and oxygen atoms in total. The van der Waals surface area contributed by atoms with Crippen molar-refractivity contribution in [1.29, 1.82) is 0 Å². The van der Waals surface area contributed by atoms with Crippen LogP contribution in [-0.2, 0) is 4.74 Å². The number of nitrogens with zero attached hydrogens (tertiary/aromatic N) is 1. The zero-order chi connectivity index (χ0) is 9.03. The van der Waals surface area contributed by atoms with Gasteiger partial charge in [-0.1, -0.05) is 0 Å². The summed E-state index contributed by atoms with van der Waals surface area (Å²) in [6.07, 6.45) is 0. The zero-order valence-corrected chi connectivity index (χ0v) is 7.79. The molecule has 0 bridgehead atoms. The Balaban J connectivity index is 2.13. The van der Waals surface area contributed by atoms with Gasteiger partial charge in [0.2, 0.25) is 0 Å². The maximum Gasteiger partial charge on any atom is 0.0653 e. The van der Waals surface area contributed by atoms with Crippen LogP contribution in [0.15, 0.2) is 0 Å². The van der Waals surface area contributed by atoms with Gasteiger partial charge in [-0.25, -0.2) is 5.14 Å². The Hall–Kier alpha value is 0.150. The van der Waals surface area contributed by atoms with E-state index in [2.05, 4.69) is 4.90 Å². The first-order valence-corrected chi connectivity index (χ1v) is 5.69. The van der Waals surface area contributed by atoms with E-state index in [9.17, 15) is 0 Å². The highest BCUT2D eigenvalue weighted by molar-refractivity contribution is 8.22. The van der Waals surface area contributed by atoms with Gasteiger partial charge in [0.15, 0.2) is 0 Å². The predicted octanol–water partition coefficient (Wildman–Crippen LogP) is -0.0571. The molecule has 0 aliphatic carbocycles. The molecule has 1 aliphatic heterocycles. The molecule has 1 aliphatic rings. The monoisotopic (exact) mass is 196 g/mol. The lowest BCUT2D eigenvalue weighted by Gasteiger charge is -2.32. The second-order valence-corrected chi connectivity index (χ2v) is 4.72. The Morgan fingerprint density at radius 2 is 1.92 bits per heavy atom. The van der Waals surface area contributed by atoms with Gasteiger partial charge in [-0.3, -0.25) is 14.0 Å². The summed E-state index contributed by atoms with van der Waals surface area (Å²) in [4.78, 5) is 2.12. The lowest BCUT2D eigenvalue weighted by atomic mass is 10.4. The maximum atomic E-state index is 8.91. The van der Waals surface area contributed by atoms with Gasteiger partial charge in [0, 0.05) is 19.6 Å². The van der Waals surface area contributed by atoms with Crippen molar-refractivity contribution in [2.24, 2.45) is 5.14 Å². The Morgan fingerprint density at radius 3 is 2.42 bits per heavy atom. The number of hydrogen-bond donors (Lipinski definition) is 3. The van der Waals surface area contributed by atoms with Crippen molar-refractivity contribution in [2.75, 3.05) is 38.6 Å². The summed E-state index contributed by atoms with van der Waals surface area (Å²) in [7, 11) is -2.81. The van der Waals surface area contributed by atoms with Crippen molar-refractivity contribution in [3.8, 4) is 0 Å². The van der Waals surface area contributed by atoms with Crippen LogP contribution < -0.4 is 5.14 Å². The molecule has 0 aromatic heterocycles. The first-order chi connectivity index (χ1) is 5.58.